The number of hydrogen-bond donors (Lipinski definition) is 3. The highest BCUT2D eigenvalue weighted by molar-refractivity contribution is 5.96. The summed E-state index contributed by atoms with van der Waals surface area (Å²) in [6.45, 7) is 7.99. The third kappa shape index (κ3) is 3.19. The van der Waals surface area contributed by atoms with Gasteiger partial charge in [0, 0.05) is 18.7 Å². The first-order chi connectivity index (χ1) is 8.94. The normalized spacial score (nSPS) is 19.8. The number of nitrogen functional groups attached to an aromatic ring is 1. The molecule has 0 aliphatic heterocycles. The van der Waals surface area contributed by atoms with Crippen LogP contribution >= 0.6 is 0 Å². The Labute approximate surface area is 114 Å². The van der Waals surface area contributed by atoms with E-state index in [1.165, 1.54) is 6.42 Å². The quantitative estimate of drug-likeness (QED) is 0.713. The maximum Gasteiger partial charge on any atom is 0.251 e. The summed E-state index contributed by atoms with van der Waals surface area (Å²) in [5.41, 5.74) is 8.57. The smallest absolute Gasteiger partial charge is 0.251 e. The number of carbonyl (C=O) groups is 1. The molecule has 19 heavy (non-hydrogen) atoms. The number of nitrogens with one attached hydrogen (secondary N) is 2. The van der Waals surface area contributed by atoms with E-state index in [1.54, 1.807) is 12.1 Å². The third-order valence-corrected chi connectivity index (χ3v) is 3.91. The van der Waals surface area contributed by atoms with Crippen LogP contribution in [0.2, 0.25) is 0 Å². The lowest BCUT2D eigenvalue weighted by Crippen LogP contribution is -2.22. The summed E-state index contributed by atoms with van der Waals surface area (Å²) < 4.78 is 0. The Morgan fingerprint density at radius 1 is 1.47 bits per heavy atom. The Morgan fingerprint density at radius 3 is 2.74 bits per heavy atom. The SMILES string of the molecule is CCNC(=O)c1ccc(N)c(NCC2CC2(C)C)c1. The van der Waals surface area contributed by atoms with Crippen LogP contribution in [0.1, 0.15) is 37.6 Å². The van der Waals surface area contributed by atoms with Crippen LogP contribution < -0.4 is 16.4 Å². The van der Waals surface area contributed by atoms with E-state index in [-0.39, 0.29) is 5.91 Å². The molecule has 1 aromatic rings. The summed E-state index contributed by atoms with van der Waals surface area (Å²) in [4.78, 5) is 11.8. The second kappa shape index (κ2) is 5.11. The molecule has 0 radical (unpaired) electrons. The Kier molecular flexibility index (Phi) is 3.69. The second-order valence-electron chi connectivity index (χ2n) is 5.93. The molecule has 2 rings (SSSR count). The van der Waals surface area contributed by atoms with E-state index in [0.717, 1.165) is 12.2 Å². The Hall–Kier alpha value is -1.71. The molecule has 0 bridgehead atoms. The largest absolute Gasteiger partial charge is 0.397 e. The maximum atomic E-state index is 11.8. The molecular weight excluding hydrogens is 238 g/mol. The monoisotopic (exact) mass is 261 g/mol. The molecular formula is C15H23N3O. The van der Waals surface area contributed by atoms with Crippen LogP contribution in [-0.2, 0) is 0 Å². The van der Waals surface area contributed by atoms with Crippen molar-refractivity contribution in [2.24, 2.45) is 11.3 Å². The molecule has 1 atom stereocenters. The average molecular weight is 261 g/mol. The molecule has 0 spiro atoms. The van der Waals surface area contributed by atoms with E-state index in [1.807, 2.05) is 13.0 Å². The number of rotatable bonds is 5. The molecule has 1 aliphatic rings. The van der Waals surface area contributed by atoms with Gasteiger partial charge in [0.1, 0.15) is 0 Å². The minimum absolute atomic E-state index is 0.0581. The topological polar surface area (TPSA) is 67.2 Å². The van der Waals surface area contributed by atoms with E-state index in [0.29, 0.717) is 29.1 Å². The fourth-order valence-electron chi connectivity index (χ4n) is 2.27. The zero-order chi connectivity index (χ0) is 14.0. The zero-order valence-electron chi connectivity index (χ0n) is 11.9. The third-order valence-electron chi connectivity index (χ3n) is 3.91. The molecule has 0 aromatic heterocycles. The number of benzene rings is 1. The second-order valence-corrected chi connectivity index (χ2v) is 5.93. The van der Waals surface area contributed by atoms with Crippen molar-refractivity contribution in [3.63, 3.8) is 0 Å². The average Bonchev–Trinajstić information content (AvgIpc) is 2.96. The highest BCUT2D eigenvalue weighted by Crippen LogP contribution is 2.51. The van der Waals surface area contributed by atoms with Gasteiger partial charge in [-0.3, -0.25) is 4.79 Å². The fourth-order valence-corrected chi connectivity index (χ4v) is 2.27. The molecule has 1 amide bonds. The van der Waals surface area contributed by atoms with Gasteiger partial charge < -0.3 is 16.4 Å². The van der Waals surface area contributed by atoms with Crippen molar-refractivity contribution in [1.29, 1.82) is 0 Å². The highest BCUT2D eigenvalue weighted by atomic mass is 16.1. The van der Waals surface area contributed by atoms with E-state index < -0.39 is 0 Å². The molecule has 1 unspecified atom stereocenters. The Morgan fingerprint density at radius 2 is 2.16 bits per heavy atom. The molecule has 4 heteroatoms. The minimum atomic E-state index is -0.0581. The predicted octanol–water partition coefficient (Wildman–Crippen LogP) is 2.48. The van der Waals surface area contributed by atoms with Gasteiger partial charge >= 0.3 is 0 Å². The number of anilines is 2. The van der Waals surface area contributed by atoms with Crippen LogP contribution in [0.5, 0.6) is 0 Å². The van der Waals surface area contributed by atoms with Crippen LogP contribution in [0.3, 0.4) is 0 Å². The lowest BCUT2D eigenvalue weighted by atomic mass is 10.1. The number of amides is 1. The highest BCUT2D eigenvalue weighted by Gasteiger charge is 2.44. The summed E-state index contributed by atoms with van der Waals surface area (Å²) in [6.07, 6.45) is 1.25. The van der Waals surface area contributed by atoms with Crippen LogP contribution in [0.15, 0.2) is 18.2 Å². The van der Waals surface area contributed by atoms with Crippen molar-refractivity contribution in [3.8, 4) is 0 Å². The van der Waals surface area contributed by atoms with E-state index >= 15 is 0 Å². The Balaban J connectivity index is 2.03. The molecule has 1 saturated carbocycles. The summed E-state index contributed by atoms with van der Waals surface area (Å²) in [5.74, 6) is 0.636. The maximum absolute atomic E-state index is 11.8. The molecule has 1 aromatic carbocycles. The van der Waals surface area contributed by atoms with Crippen LogP contribution in [0.4, 0.5) is 11.4 Å². The van der Waals surface area contributed by atoms with Gasteiger partial charge in [-0.2, -0.15) is 0 Å². The van der Waals surface area contributed by atoms with Gasteiger partial charge in [0.05, 0.1) is 11.4 Å². The standard InChI is InChI=1S/C15H23N3O/c1-4-17-14(19)10-5-6-12(16)13(7-10)18-9-11-8-15(11,2)3/h5-7,11,18H,4,8-9,16H2,1-3H3,(H,17,19). The summed E-state index contributed by atoms with van der Waals surface area (Å²) in [5, 5.41) is 6.15. The summed E-state index contributed by atoms with van der Waals surface area (Å²) in [7, 11) is 0. The zero-order valence-corrected chi connectivity index (χ0v) is 11.9. The fraction of sp³-hybridized carbons (Fsp3) is 0.533. The van der Waals surface area contributed by atoms with E-state index in [4.69, 9.17) is 5.73 Å². The van der Waals surface area contributed by atoms with E-state index in [9.17, 15) is 4.79 Å². The molecule has 4 nitrogen and oxygen atoms in total. The molecule has 4 N–H and O–H groups in total. The van der Waals surface area contributed by atoms with Crippen molar-refractivity contribution >= 4 is 17.3 Å². The number of hydrogen-bond acceptors (Lipinski definition) is 3. The van der Waals surface area contributed by atoms with Gasteiger partial charge in [-0.05, 0) is 42.9 Å². The first-order valence-electron chi connectivity index (χ1n) is 6.85. The van der Waals surface area contributed by atoms with Gasteiger partial charge in [-0.15, -0.1) is 0 Å². The first kappa shape index (κ1) is 13.7. The molecule has 1 fully saturated rings. The van der Waals surface area contributed by atoms with Crippen LogP contribution in [0.25, 0.3) is 0 Å². The van der Waals surface area contributed by atoms with Crippen molar-refractivity contribution in [3.05, 3.63) is 23.8 Å². The van der Waals surface area contributed by atoms with Gasteiger partial charge in [0.15, 0.2) is 0 Å². The number of carbonyl (C=O) groups excluding carboxylic acids is 1. The lowest BCUT2D eigenvalue weighted by Gasteiger charge is -2.12. The van der Waals surface area contributed by atoms with Gasteiger partial charge in [-0.25, -0.2) is 0 Å². The van der Waals surface area contributed by atoms with Crippen molar-refractivity contribution in [2.45, 2.75) is 27.2 Å². The summed E-state index contributed by atoms with van der Waals surface area (Å²) >= 11 is 0. The van der Waals surface area contributed by atoms with Gasteiger partial charge in [-0.1, -0.05) is 13.8 Å². The van der Waals surface area contributed by atoms with Crippen molar-refractivity contribution in [1.82, 2.24) is 5.32 Å². The molecule has 104 valence electrons. The minimum Gasteiger partial charge on any atom is -0.397 e. The molecule has 0 saturated heterocycles. The van der Waals surface area contributed by atoms with Gasteiger partial charge in [0.2, 0.25) is 0 Å². The van der Waals surface area contributed by atoms with Crippen molar-refractivity contribution in [2.75, 3.05) is 24.1 Å². The van der Waals surface area contributed by atoms with Crippen LogP contribution in [0, 0.1) is 11.3 Å². The van der Waals surface area contributed by atoms with Crippen molar-refractivity contribution < 1.29 is 4.79 Å². The Bertz CT molecular complexity index is 482. The number of nitrogens with two attached hydrogens (primary N) is 1. The summed E-state index contributed by atoms with van der Waals surface area (Å²) in [6, 6.07) is 5.37. The first-order valence-corrected chi connectivity index (χ1v) is 6.85. The van der Waals surface area contributed by atoms with Gasteiger partial charge in [0.25, 0.3) is 5.91 Å². The molecule has 1 aliphatic carbocycles. The van der Waals surface area contributed by atoms with E-state index in [2.05, 4.69) is 24.5 Å². The molecule has 0 heterocycles. The predicted molar refractivity (Wildman–Crippen MR) is 79.2 cm³/mol. The van der Waals surface area contributed by atoms with Crippen LogP contribution in [-0.4, -0.2) is 19.0 Å². The lowest BCUT2D eigenvalue weighted by molar-refractivity contribution is 0.0956.